The summed E-state index contributed by atoms with van der Waals surface area (Å²) in [5.41, 5.74) is 2.29. The SMILES string of the molecule is Cc1nn([C@@H]2CNC[C@H]2C)cc1Nc1cnccc1C(=O)O. The van der Waals surface area contributed by atoms with Crippen molar-refractivity contribution in [1.29, 1.82) is 0 Å². The normalized spacial score (nSPS) is 21.0. The van der Waals surface area contributed by atoms with Gasteiger partial charge in [-0.05, 0) is 25.5 Å². The van der Waals surface area contributed by atoms with E-state index in [1.807, 2.05) is 17.8 Å². The molecule has 0 amide bonds. The predicted octanol–water partition coefficient (Wildman–Crippen LogP) is 1.81. The topological polar surface area (TPSA) is 92.1 Å². The Morgan fingerprint density at radius 1 is 1.45 bits per heavy atom. The van der Waals surface area contributed by atoms with Gasteiger partial charge in [0.15, 0.2) is 0 Å². The molecule has 1 saturated heterocycles. The highest BCUT2D eigenvalue weighted by Gasteiger charge is 2.26. The summed E-state index contributed by atoms with van der Waals surface area (Å²) in [6, 6.07) is 1.80. The number of rotatable bonds is 4. The molecule has 2 aromatic heterocycles. The molecular weight excluding hydrogens is 282 g/mol. The summed E-state index contributed by atoms with van der Waals surface area (Å²) in [4.78, 5) is 15.2. The van der Waals surface area contributed by atoms with Gasteiger partial charge in [-0.15, -0.1) is 0 Å². The van der Waals surface area contributed by atoms with Crippen molar-refractivity contribution in [3.63, 3.8) is 0 Å². The average molecular weight is 301 g/mol. The van der Waals surface area contributed by atoms with Crippen molar-refractivity contribution in [2.24, 2.45) is 5.92 Å². The molecule has 116 valence electrons. The molecule has 1 aliphatic heterocycles. The first-order chi connectivity index (χ1) is 10.6. The number of nitrogens with zero attached hydrogens (tertiary/aromatic N) is 3. The molecule has 1 aliphatic rings. The van der Waals surface area contributed by atoms with Crippen molar-refractivity contribution in [2.75, 3.05) is 18.4 Å². The van der Waals surface area contributed by atoms with Crippen LogP contribution < -0.4 is 10.6 Å². The van der Waals surface area contributed by atoms with Gasteiger partial charge in [0.2, 0.25) is 0 Å². The van der Waals surface area contributed by atoms with Gasteiger partial charge in [-0.3, -0.25) is 9.67 Å². The van der Waals surface area contributed by atoms with Crippen molar-refractivity contribution in [2.45, 2.75) is 19.9 Å². The Labute approximate surface area is 128 Å². The highest BCUT2D eigenvalue weighted by atomic mass is 16.4. The lowest BCUT2D eigenvalue weighted by Gasteiger charge is -2.14. The predicted molar refractivity (Wildman–Crippen MR) is 82.5 cm³/mol. The van der Waals surface area contributed by atoms with E-state index in [9.17, 15) is 9.90 Å². The number of anilines is 2. The third kappa shape index (κ3) is 2.67. The maximum Gasteiger partial charge on any atom is 0.337 e. The minimum absolute atomic E-state index is 0.193. The quantitative estimate of drug-likeness (QED) is 0.797. The Bertz CT molecular complexity index is 697. The number of hydrogen-bond acceptors (Lipinski definition) is 5. The summed E-state index contributed by atoms with van der Waals surface area (Å²) in [6.45, 7) is 5.98. The lowest BCUT2D eigenvalue weighted by molar-refractivity contribution is 0.0698. The van der Waals surface area contributed by atoms with Gasteiger partial charge in [0.1, 0.15) is 0 Å². The summed E-state index contributed by atoms with van der Waals surface area (Å²) >= 11 is 0. The molecule has 7 heteroatoms. The Morgan fingerprint density at radius 3 is 2.95 bits per heavy atom. The molecule has 0 bridgehead atoms. The molecule has 0 aliphatic carbocycles. The molecule has 7 nitrogen and oxygen atoms in total. The number of aryl methyl sites for hydroxylation is 1. The van der Waals surface area contributed by atoms with Crippen molar-refractivity contribution in [3.8, 4) is 0 Å². The van der Waals surface area contributed by atoms with E-state index in [-0.39, 0.29) is 5.56 Å². The Balaban J connectivity index is 1.87. The fourth-order valence-corrected chi connectivity index (χ4v) is 2.75. The molecule has 0 aromatic carbocycles. The van der Waals surface area contributed by atoms with E-state index < -0.39 is 5.97 Å². The number of nitrogens with one attached hydrogen (secondary N) is 2. The van der Waals surface area contributed by atoms with Gasteiger partial charge in [-0.25, -0.2) is 4.79 Å². The van der Waals surface area contributed by atoms with Crippen LogP contribution in [0.5, 0.6) is 0 Å². The second-order valence-corrected chi connectivity index (χ2v) is 5.66. The van der Waals surface area contributed by atoms with E-state index in [4.69, 9.17) is 0 Å². The number of carboxylic acids is 1. The van der Waals surface area contributed by atoms with Gasteiger partial charge < -0.3 is 15.7 Å². The fourth-order valence-electron chi connectivity index (χ4n) is 2.75. The number of carboxylic acid groups (broad SMARTS) is 1. The van der Waals surface area contributed by atoms with Gasteiger partial charge in [-0.2, -0.15) is 5.10 Å². The third-order valence-electron chi connectivity index (χ3n) is 4.05. The van der Waals surface area contributed by atoms with E-state index in [0.29, 0.717) is 17.6 Å². The zero-order valence-electron chi connectivity index (χ0n) is 12.6. The maximum absolute atomic E-state index is 11.3. The molecular formula is C15H19N5O2. The van der Waals surface area contributed by atoms with E-state index in [0.717, 1.165) is 24.5 Å². The lowest BCUT2D eigenvalue weighted by atomic mass is 10.1. The van der Waals surface area contributed by atoms with Crippen LogP contribution in [0.3, 0.4) is 0 Å². The Morgan fingerprint density at radius 2 is 2.27 bits per heavy atom. The first-order valence-electron chi connectivity index (χ1n) is 7.27. The van der Waals surface area contributed by atoms with E-state index >= 15 is 0 Å². The first-order valence-corrected chi connectivity index (χ1v) is 7.27. The van der Waals surface area contributed by atoms with Crippen LogP contribution in [0.4, 0.5) is 11.4 Å². The number of aromatic nitrogens is 3. The fraction of sp³-hybridized carbons (Fsp3) is 0.400. The van der Waals surface area contributed by atoms with Crippen LogP contribution in [-0.2, 0) is 0 Å². The number of pyridine rings is 1. The first kappa shape index (κ1) is 14.5. The standard InChI is InChI=1S/C15H19N5O2/c1-9-5-17-7-14(9)20-8-13(10(2)19-20)18-12-6-16-4-3-11(12)15(21)22/h3-4,6,8-9,14,17-18H,5,7H2,1-2H3,(H,21,22)/t9-,14-/m1/s1. The molecule has 3 N–H and O–H groups in total. The summed E-state index contributed by atoms with van der Waals surface area (Å²) in [6.07, 6.45) is 4.92. The van der Waals surface area contributed by atoms with Gasteiger partial charge >= 0.3 is 5.97 Å². The minimum Gasteiger partial charge on any atom is -0.478 e. The van der Waals surface area contributed by atoms with Crippen LogP contribution in [-0.4, -0.2) is 38.9 Å². The molecule has 2 atom stereocenters. The molecule has 22 heavy (non-hydrogen) atoms. The molecule has 2 aromatic rings. The zero-order chi connectivity index (χ0) is 15.7. The second-order valence-electron chi connectivity index (χ2n) is 5.66. The van der Waals surface area contributed by atoms with Crippen LogP contribution in [0.15, 0.2) is 24.7 Å². The molecule has 3 rings (SSSR count). The van der Waals surface area contributed by atoms with Crippen LogP contribution in [0.1, 0.15) is 29.0 Å². The minimum atomic E-state index is -0.983. The van der Waals surface area contributed by atoms with Crippen molar-refractivity contribution >= 4 is 17.3 Å². The zero-order valence-corrected chi connectivity index (χ0v) is 12.6. The summed E-state index contributed by atoms with van der Waals surface area (Å²) in [5, 5.41) is 20.3. The molecule has 3 heterocycles. The Hall–Kier alpha value is -2.41. The van der Waals surface area contributed by atoms with Crippen LogP contribution in [0.2, 0.25) is 0 Å². The van der Waals surface area contributed by atoms with Crippen molar-refractivity contribution in [1.82, 2.24) is 20.1 Å². The summed E-state index contributed by atoms with van der Waals surface area (Å²) in [5.74, 6) is -0.469. The average Bonchev–Trinajstić information content (AvgIpc) is 3.06. The smallest absolute Gasteiger partial charge is 0.337 e. The van der Waals surface area contributed by atoms with E-state index in [2.05, 4.69) is 27.6 Å². The van der Waals surface area contributed by atoms with Crippen LogP contribution in [0, 0.1) is 12.8 Å². The second kappa shape index (κ2) is 5.76. The van der Waals surface area contributed by atoms with Crippen LogP contribution >= 0.6 is 0 Å². The van der Waals surface area contributed by atoms with E-state index in [1.165, 1.54) is 18.5 Å². The van der Waals surface area contributed by atoms with Crippen molar-refractivity contribution in [3.05, 3.63) is 35.9 Å². The number of aromatic carboxylic acids is 1. The monoisotopic (exact) mass is 301 g/mol. The largest absolute Gasteiger partial charge is 0.478 e. The number of hydrogen-bond donors (Lipinski definition) is 3. The molecule has 0 unspecified atom stereocenters. The molecule has 0 saturated carbocycles. The van der Waals surface area contributed by atoms with Crippen molar-refractivity contribution < 1.29 is 9.90 Å². The third-order valence-corrected chi connectivity index (χ3v) is 4.05. The Kier molecular flexibility index (Phi) is 3.81. The van der Waals surface area contributed by atoms with Crippen LogP contribution in [0.25, 0.3) is 0 Å². The lowest BCUT2D eigenvalue weighted by Crippen LogP contribution is -2.16. The summed E-state index contributed by atoms with van der Waals surface area (Å²) in [7, 11) is 0. The molecule has 0 radical (unpaired) electrons. The summed E-state index contributed by atoms with van der Waals surface area (Å²) < 4.78 is 1.96. The number of carbonyl (C=O) groups is 1. The van der Waals surface area contributed by atoms with Gasteiger partial charge in [0.05, 0.1) is 34.9 Å². The van der Waals surface area contributed by atoms with Gasteiger partial charge in [-0.1, -0.05) is 6.92 Å². The molecule has 1 fully saturated rings. The van der Waals surface area contributed by atoms with Gasteiger partial charge in [0, 0.05) is 18.9 Å². The maximum atomic E-state index is 11.3. The molecule has 0 spiro atoms. The highest BCUT2D eigenvalue weighted by molar-refractivity contribution is 5.94. The van der Waals surface area contributed by atoms with Gasteiger partial charge in [0.25, 0.3) is 0 Å². The van der Waals surface area contributed by atoms with E-state index in [1.54, 1.807) is 0 Å². The highest BCUT2D eigenvalue weighted by Crippen LogP contribution is 2.27.